The molecule has 0 bridgehead atoms. The van der Waals surface area contributed by atoms with E-state index < -0.39 is 5.97 Å². The molecule has 0 saturated carbocycles. The molecule has 0 spiro atoms. The summed E-state index contributed by atoms with van der Waals surface area (Å²) in [5.74, 6) is 1.27. The molecule has 6 nitrogen and oxygen atoms in total. The number of aromatic nitrogens is 4. The van der Waals surface area contributed by atoms with Crippen LogP contribution in [0.5, 0.6) is 0 Å². The van der Waals surface area contributed by atoms with Crippen LogP contribution in [0.1, 0.15) is 67.2 Å². The molecule has 0 aliphatic rings. The predicted octanol–water partition coefficient (Wildman–Crippen LogP) is 4.55. The molecule has 3 aromatic rings. The molecular weight excluding hydrogens is 352 g/mol. The van der Waals surface area contributed by atoms with Crippen molar-refractivity contribution in [3.63, 3.8) is 0 Å². The topological polar surface area (TPSA) is 80.9 Å². The van der Waals surface area contributed by atoms with Gasteiger partial charge in [-0.1, -0.05) is 45.0 Å². The van der Waals surface area contributed by atoms with Crippen molar-refractivity contribution >= 4 is 5.97 Å². The normalized spacial score (nSPS) is 12.1. The van der Waals surface area contributed by atoms with Crippen LogP contribution >= 0.6 is 0 Å². The molecule has 0 amide bonds. The Balaban J connectivity index is 1.85. The Morgan fingerprint density at radius 3 is 2.61 bits per heavy atom. The third kappa shape index (κ3) is 4.27. The lowest BCUT2D eigenvalue weighted by Crippen LogP contribution is -2.08. The fourth-order valence-corrected chi connectivity index (χ4v) is 3.07. The average Bonchev–Trinajstić information content (AvgIpc) is 3.10. The molecule has 0 aliphatic heterocycles. The fourth-order valence-electron chi connectivity index (χ4n) is 3.07. The van der Waals surface area contributed by atoms with Crippen molar-refractivity contribution in [3.05, 3.63) is 65.5 Å². The lowest BCUT2D eigenvalue weighted by molar-refractivity contribution is 0.0697. The molecular formula is C22H26N4O2. The summed E-state index contributed by atoms with van der Waals surface area (Å²) in [6.07, 6.45) is 4.62. The highest BCUT2D eigenvalue weighted by Crippen LogP contribution is 2.23. The van der Waals surface area contributed by atoms with E-state index in [1.165, 1.54) is 0 Å². The number of hydrogen-bond donors (Lipinski definition) is 1. The first kappa shape index (κ1) is 19.7. The summed E-state index contributed by atoms with van der Waals surface area (Å²) < 4.78 is 1.94. The molecule has 1 atom stereocenters. The van der Waals surface area contributed by atoms with Gasteiger partial charge in [-0.25, -0.2) is 14.5 Å². The van der Waals surface area contributed by atoms with Gasteiger partial charge in [-0.2, -0.15) is 5.10 Å². The van der Waals surface area contributed by atoms with Crippen molar-refractivity contribution in [1.82, 2.24) is 19.7 Å². The maximum Gasteiger partial charge on any atom is 0.336 e. The third-order valence-corrected chi connectivity index (χ3v) is 4.90. The maximum absolute atomic E-state index is 11.4. The second-order valence-electron chi connectivity index (χ2n) is 6.99. The van der Waals surface area contributed by atoms with Gasteiger partial charge in [0, 0.05) is 24.1 Å². The zero-order valence-electron chi connectivity index (χ0n) is 16.6. The predicted molar refractivity (Wildman–Crippen MR) is 108 cm³/mol. The number of hydrogen-bond acceptors (Lipinski definition) is 4. The van der Waals surface area contributed by atoms with E-state index in [4.69, 9.17) is 10.1 Å². The van der Waals surface area contributed by atoms with Crippen LogP contribution in [-0.4, -0.2) is 30.8 Å². The molecule has 146 valence electrons. The smallest absolute Gasteiger partial charge is 0.336 e. The Morgan fingerprint density at radius 2 is 1.96 bits per heavy atom. The van der Waals surface area contributed by atoms with Crippen molar-refractivity contribution in [2.45, 2.75) is 52.5 Å². The number of aryl methyl sites for hydroxylation is 1. The molecule has 3 rings (SSSR count). The summed E-state index contributed by atoms with van der Waals surface area (Å²) in [6.45, 7) is 6.97. The van der Waals surface area contributed by atoms with Gasteiger partial charge < -0.3 is 5.11 Å². The van der Waals surface area contributed by atoms with Gasteiger partial charge >= 0.3 is 5.97 Å². The largest absolute Gasteiger partial charge is 0.478 e. The summed E-state index contributed by atoms with van der Waals surface area (Å²) in [5, 5.41) is 14.1. The molecule has 2 aromatic heterocycles. The van der Waals surface area contributed by atoms with E-state index in [9.17, 15) is 9.90 Å². The number of rotatable bonds is 8. The Bertz CT molecular complexity index is 947. The highest BCUT2D eigenvalue weighted by molar-refractivity contribution is 5.95. The van der Waals surface area contributed by atoms with Crippen molar-refractivity contribution in [2.24, 2.45) is 0 Å². The van der Waals surface area contributed by atoms with Gasteiger partial charge in [0.05, 0.1) is 17.8 Å². The molecule has 0 fully saturated rings. The van der Waals surface area contributed by atoms with Crippen LogP contribution in [0.2, 0.25) is 0 Å². The van der Waals surface area contributed by atoms with Crippen LogP contribution in [0, 0.1) is 0 Å². The van der Waals surface area contributed by atoms with Gasteiger partial charge in [0.15, 0.2) is 5.82 Å². The van der Waals surface area contributed by atoms with Crippen LogP contribution in [0.3, 0.4) is 0 Å². The number of pyridine rings is 1. The van der Waals surface area contributed by atoms with Crippen molar-refractivity contribution in [1.29, 1.82) is 0 Å². The number of aromatic carboxylic acids is 1. The van der Waals surface area contributed by atoms with E-state index in [1.807, 2.05) is 22.9 Å². The SMILES string of the molecule is CCCc1nc(C(C)CC)nn1Cc1ccc(-c2ccccc2C(=O)O)cn1. The molecule has 1 aromatic carbocycles. The number of carboxylic acid groups (broad SMARTS) is 1. The van der Waals surface area contributed by atoms with E-state index in [0.717, 1.165) is 42.2 Å². The van der Waals surface area contributed by atoms with Crippen LogP contribution in [-0.2, 0) is 13.0 Å². The Hall–Kier alpha value is -3.02. The van der Waals surface area contributed by atoms with E-state index in [0.29, 0.717) is 18.0 Å². The average molecular weight is 378 g/mol. The van der Waals surface area contributed by atoms with Crippen molar-refractivity contribution < 1.29 is 9.90 Å². The van der Waals surface area contributed by atoms with Gasteiger partial charge in [-0.3, -0.25) is 4.98 Å². The van der Waals surface area contributed by atoms with Crippen LogP contribution in [0.15, 0.2) is 42.6 Å². The summed E-state index contributed by atoms with van der Waals surface area (Å²) in [7, 11) is 0. The van der Waals surface area contributed by atoms with Gasteiger partial charge in [0.1, 0.15) is 5.82 Å². The first-order valence-electron chi connectivity index (χ1n) is 9.74. The fraction of sp³-hybridized carbons (Fsp3) is 0.364. The summed E-state index contributed by atoms with van der Waals surface area (Å²) in [6, 6.07) is 10.8. The lowest BCUT2D eigenvalue weighted by atomic mass is 10.0. The van der Waals surface area contributed by atoms with Gasteiger partial charge in [0.25, 0.3) is 0 Å². The van der Waals surface area contributed by atoms with Crippen LogP contribution in [0.25, 0.3) is 11.1 Å². The minimum atomic E-state index is -0.941. The van der Waals surface area contributed by atoms with E-state index >= 15 is 0 Å². The Kier molecular flexibility index (Phi) is 6.19. The standard InChI is InChI=1S/C22H26N4O2/c1-4-8-20-24-21(15(3)5-2)25-26(20)14-17-12-11-16(13-23-17)18-9-6-7-10-19(18)22(27)28/h6-7,9-13,15H,4-5,8,14H2,1-3H3,(H,27,28). The number of nitrogens with zero attached hydrogens (tertiary/aromatic N) is 4. The van der Waals surface area contributed by atoms with Gasteiger partial charge in [-0.05, 0) is 30.5 Å². The molecule has 0 saturated heterocycles. The van der Waals surface area contributed by atoms with E-state index in [2.05, 4.69) is 25.8 Å². The summed E-state index contributed by atoms with van der Waals surface area (Å²) >= 11 is 0. The van der Waals surface area contributed by atoms with E-state index in [1.54, 1.807) is 24.4 Å². The molecule has 28 heavy (non-hydrogen) atoms. The van der Waals surface area contributed by atoms with Crippen LogP contribution in [0.4, 0.5) is 0 Å². The second kappa shape index (κ2) is 8.78. The number of carbonyl (C=O) groups is 1. The first-order valence-corrected chi connectivity index (χ1v) is 9.74. The zero-order chi connectivity index (χ0) is 20.1. The highest BCUT2D eigenvalue weighted by atomic mass is 16.4. The molecule has 1 N–H and O–H groups in total. The molecule has 2 heterocycles. The molecule has 6 heteroatoms. The lowest BCUT2D eigenvalue weighted by Gasteiger charge is -2.08. The minimum Gasteiger partial charge on any atom is -0.478 e. The first-order chi connectivity index (χ1) is 13.5. The van der Waals surface area contributed by atoms with Crippen molar-refractivity contribution in [2.75, 3.05) is 0 Å². The van der Waals surface area contributed by atoms with E-state index in [-0.39, 0.29) is 5.56 Å². The monoisotopic (exact) mass is 378 g/mol. The summed E-state index contributed by atoms with van der Waals surface area (Å²) in [4.78, 5) is 20.7. The highest BCUT2D eigenvalue weighted by Gasteiger charge is 2.15. The zero-order valence-corrected chi connectivity index (χ0v) is 16.6. The minimum absolute atomic E-state index is 0.275. The Morgan fingerprint density at radius 1 is 1.18 bits per heavy atom. The molecule has 1 unspecified atom stereocenters. The number of carboxylic acids is 1. The van der Waals surface area contributed by atoms with Crippen molar-refractivity contribution in [3.8, 4) is 11.1 Å². The second-order valence-corrected chi connectivity index (χ2v) is 6.99. The maximum atomic E-state index is 11.4. The number of benzene rings is 1. The van der Waals surface area contributed by atoms with Gasteiger partial charge in [-0.15, -0.1) is 0 Å². The van der Waals surface area contributed by atoms with Gasteiger partial charge in [0.2, 0.25) is 0 Å². The summed E-state index contributed by atoms with van der Waals surface area (Å²) in [5.41, 5.74) is 2.60. The molecule has 0 aliphatic carbocycles. The quantitative estimate of drug-likeness (QED) is 0.622. The Labute approximate surface area is 165 Å². The molecule has 0 radical (unpaired) electrons. The van der Waals surface area contributed by atoms with Crippen LogP contribution < -0.4 is 0 Å². The third-order valence-electron chi connectivity index (χ3n) is 4.90.